The first kappa shape index (κ1) is 13.3. The summed E-state index contributed by atoms with van der Waals surface area (Å²) < 4.78 is 52.2. The number of hydrogen-bond acceptors (Lipinski definition) is 3. The fourth-order valence-corrected chi connectivity index (χ4v) is 1.85. The predicted molar refractivity (Wildman–Crippen MR) is 64.4 cm³/mol. The lowest BCUT2D eigenvalue weighted by Gasteiger charge is -2.06. The molecule has 5 nitrogen and oxygen atoms in total. The number of alkyl halides is 3. The molecule has 0 bridgehead atoms. The van der Waals surface area contributed by atoms with Gasteiger partial charge < -0.3 is 4.98 Å². The highest BCUT2D eigenvalue weighted by Crippen LogP contribution is 2.26. The number of rotatable bonds is 1. The van der Waals surface area contributed by atoms with E-state index in [9.17, 15) is 22.4 Å². The average molecular weight is 298 g/mol. The minimum Gasteiger partial charge on any atom is -0.302 e. The lowest BCUT2D eigenvalue weighted by Crippen LogP contribution is -2.19. The zero-order valence-corrected chi connectivity index (χ0v) is 10.1. The molecule has 0 aliphatic heterocycles. The maximum atomic E-state index is 13.2. The zero-order chi connectivity index (χ0) is 15.2. The van der Waals surface area contributed by atoms with E-state index >= 15 is 0 Å². The Balaban J connectivity index is 2.31. The summed E-state index contributed by atoms with van der Waals surface area (Å²) in [4.78, 5) is 16.7. The van der Waals surface area contributed by atoms with Crippen LogP contribution in [0.2, 0.25) is 0 Å². The Morgan fingerprint density at radius 1 is 1.24 bits per heavy atom. The number of H-pyrrole nitrogens is 1. The second-order valence-electron chi connectivity index (χ2n) is 4.19. The quantitative estimate of drug-likeness (QED) is 0.701. The van der Waals surface area contributed by atoms with Gasteiger partial charge in [0, 0.05) is 0 Å². The van der Waals surface area contributed by atoms with Crippen LogP contribution in [-0.4, -0.2) is 19.7 Å². The number of fused-ring (bicyclic) bond motifs is 1. The number of nitrogens with zero attached hydrogens (tertiary/aromatic N) is 3. The third kappa shape index (κ3) is 2.26. The van der Waals surface area contributed by atoms with Crippen molar-refractivity contribution in [2.24, 2.45) is 0 Å². The maximum absolute atomic E-state index is 13.2. The van der Waals surface area contributed by atoms with Gasteiger partial charge in [0.25, 0.3) is 5.56 Å². The standard InChI is InChI=1S/C12H6F4N4O/c13-6-2-1-3-7(4-6)20-9-8(5-17-20)10(21)19-11(18-9)12(14,15)16/h1-5H,(H,18,19,21). The second kappa shape index (κ2) is 4.40. The Labute approximate surface area is 113 Å². The van der Waals surface area contributed by atoms with Gasteiger partial charge >= 0.3 is 6.18 Å². The van der Waals surface area contributed by atoms with E-state index in [1.807, 2.05) is 0 Å². The fourth-order valence-electron chi connectivity index (χ4n) is 1.85. The molecule has 3 aromatic rings. The molecule has 0 aliphatic carbocycles. The van der Waals surface area contributed by atoms with Gasteiger partial charge in [0.2, 0.25) is 5.82 Å². The van der Waals surface area contributed by atoms with Crippen molar-refractivity contribution in [1.29, 1.82) is 0 Å². The van der Waals surface area contributed by atoms with Gasteiger partial charge in [0.05, 0.1) is 11.9 Å². The number of benzene rings is 1. The van der Waals surface area contributed by atoms with E-state index in [4.69, 9.17) is 0 Å². The van der Waals surface area contributed by atoms with Gasteiger partial charge in [-0.25, -0.2) is 14.1 Å². The van der Waals surface area contributed by atoms with Crippen molar-refractivity contribution in [2.75, 3.05) is 0 Å². The van der Waals surface area contributed by atoms with E-state index in [0.29, 0.717) is 0 Å². The van der Waals surface area contributed by atoms with E-state index in [0.717, 1.165) is 16.9 Å². The van der Waals surface area contributed by atoms with Gasteiger partial charge in [0.15, 0.2) is 5.65 Å². The lowest BCUT2D eigenvalue weighted by atomic mass is 10.3. The molecular weight excluding hydrogens is 292 g/mol. The van der Waals surface area contributed by atoms with Crippen LogP contribution in [0.5, 0.6) is 0 Å². The highest BCUT2D eigenvalue weighted by Gasteiger charge is 2.35. The molecule has 1 N–H and O–H groups in total. The smallest absolute Gasteiger partial charge is 0.302 e. The molecule has 21 heavy (non-hydrogen) atoms. The van der Waals surface area contributed by atoms with Crippen LogP contribution in [0.3, 0.4) is 0 Å². The van der Waals surface area contributed by atoms with Gasteiger partial charge in [-0.2, -0.15) is 18.3 Å². The van der Waals surface area contributed by atoms with Crippen LogP contribution in [0.1, 0.15) is 5.82 Å². The molecule has 2 aromatic heterocycles. The first-order chi connectivity index (χ1) is 9.86. The van der Waals surface area contributed by atoms with Crippen LogP contribution in [-0.2, 0) is 6.18 Å². The van der Waals surface area contributed by atoms with Crippen molar-refractivity contribution in [3.05, 3.63) is 52.5 Å². The summed E-state index contributed by atoms with van der Waals surface area (Å²) in [5.41, 5.74) is -1.09. The summed E-state index contributed by atoms with van der Waals surface area (Å²) in [6, 6.07) is 5.06. The van der Waals surface area contributed by atoms with Crippen molar-refractivity contribution < 1.29 is 17.6 Å². The minimum absolute atomic E-state index is 0.118. The number of nitrogens with one attached hydrogen (secondary N) is 1. The monoisotopic (exact) mass is 298 g/mol. The van der Waals surface area contributed by atoms with Crippen molar-refractivity contribution in [2.45, 2.75) is 6.18 Å². The number of halogens is 4. The van der Waals surface area contributed by atoms with Crippen molar-refractivity contribution in [3.63, 3.8) is 0 Å². The Morgan fingerprint density at radius 2 is 2.00 bits per heavy atom. The first-order valence-corrected chi connectivity index (χ1v) is 5.67. The number of aromatic nitrogens is 4. The van der Waals surface area contributed by atoms with Crippen molar-refractivity contribution in [1.82, 2.24) is 19.7 Å². The van der Waals surface area contributed by atoms with Crippen LogP contribution in [0.4, 0.5) is 17.6 Å². The first-order valence-electron chi connectivity index (χ1n) is 5.67. The summed E-state index contributed by atoms with van der Waals surface area (Å²) >= 11 is 0. The minimum atomic E-state index is -4.80. The molecule has 0 unspecified atom stereocenters. The van der Waals surface area contributed by atoms with Crippen LogP contribution in [0, 0.1) is 5.82 Å². The van der Waals surface area contributed by atoms with Crippen LogP contribution < -0.4 is 5.56 Å². The van der Waals surface area contributed by atoms with Crippen molar-refractivity contribution in [3.8, 4) is 5.69 Å². The molecule has 0 amide bonds. The third-order valence-electron chi connectivity index (χ3n) is 2.76. The third-order valence-corrected chi connectivity index (χ3v) is 2.76. The Bertz CT molecular complexity index is 881. The molecule has 9 heteroatoms. The van der Waals surface area contributed by atoms with E-state index in [-0.39, 0.29) is 16.7 Å². The van der Waals surface area contributed by atoms with E-state index in [1.54, 1.807) is 4.98 Å². The Morgan fingerprint density at radius 3 is 2.67 bits per heavy atom. The molecular formula is C12H6F4N4O. The Kier molecular flexibility index (Phi) is 2.78. The SMILES string of the molecule is O=c1[nH]c(C(F)(F)F)nc2c1cnn2-c1cccc(F)c1. The summed E-state index contributed by atoms with van der Waals surface area (Å²) in [5.74, 6) is -2.02. The molecule has 0 saturated carbocycles. The average Bonchev–Trinajstić information content (AvgIpc) is 2.82. The molecule has 0 aliphatic rings. The van der Waals surface area contributed by atoms with Crippen LogP contribution in [0.25, 0.3) is 16.7 Å². The van der Waals surface area contributed by atoms with Crippen LogP contribution in [0.15, 0.2) is 35.3 Å². The Hall–Kier alpha value is -2.71. The summed E-state index contributed by atoms with van der Waals surface area (Å²) in [6.45, 7) is 0. The van der Waals surface area contributed by atoms with E-state index in [1.165, 1.54) is 18.2 Å². The van der Waals surface area contributed by atoms with Crippen molar-refractivity contribution >= 4 is 11.0 Å². The molecule has 3 rings (SSSR count). The molecule has 108 valence electrons. The second-order valence-corrected chi connectivity index (χ2v) is 4.19. The summed E-state index contributed by atoms with van der Waals surface area (Å²) in [6.07, 6.45) is -3.73. The molecule has 0 spiro atoms. The van der Waals surface area contributed by atoms with Crippen LogP contribution >= 0.6 is 0 Å². The molecule has 0 fully saturated rings. The van der Waals surface area contributed by atoms with Gasteiger partial charge in [0.1, 0.15) is 11.2 Å². The van der Waals surface area contributed by atoms with Gasteiger partial charge in [-0.3, -0.25) is 4.79 Å². The summed E-state index contributed by atoms with van der Waals surface area (Å²) in [7, 11) is 0. The zero-order valence-electron chi connectivity index (χ0n) is 10.1. The molecule has 0 atom stereocenters. The molecule has 2 heterocycles. The predicted octanol–water partition coefficient (Wildman–Crippen LogP) is 2.27. The maximum Gasteiger partial charge on any atom is 0.449 e. The largest absolute Gasteiger partial charge is 0.449 e. The fraction of sp³-hybridized carbons (Fsp3) is 0.0833. The number of aromatic amines is 1. The molecule has 0 radical (unpaired) electrons. The highest BCUT2D eigenvalue weighted by molar-refractivity contribution is 5.75. The molecule has 0 saturated heterocycles. The highest BCUT2D eigenvalue weighted by atomic mass is 19.4. The molecule has 1 aromatic carbocycles. The summed E-state index contributed by atoms with van der Waals surface area (Å²) in [5, 5.41) is 3.67. The van der Waals surface area contributed by atoms with Gasteiger partial charge in [-0.1, -0.05) is 6.07 Å². The topological polar surface area (TPSA) is 63.6 Å². The van der Waals surface area contributed by atoms with Gasteiger partial charge in [-0.05, 0) is 18.2 Å². The van der Waals surface area contributed by atoms with E-state index in [2.05, 4.69) is 10.1 Å². The lowest BCUT2D eigenvalue weighted by molar-refractivity contribution is -0.144. The van der Waals surface area contributed by atoms with E-state index < -0.39 is 23.4 Å². The van der Waals surface area contributed by atoms with Gasteiger partial charge in [-0.15, -0.1) is 0 Å². The number of hydrogen-bond donors (Lipinski definition) is 1. The normalized spacial score (nSPS) is 12.0.